The van der Waals surface area contributed by atoms with E-state index in [4.69, 9.17) is 4.74 Å². The third-order valence-corrected chi connectivity index (χ3v) is 5.78. The quantitative estimate of drug-likeness (QED) is 0.670. The smallest absolute Gasteiger partial charge is 0.253 e. The fourth-order valence-corrected chi connectivity index (χ4v) is 3.93. The summed E-state index contributed by atoms with van der Waals surface area (Å²) in [5.41, 5.74) is 3.65. The molecule has 2 aromatic carbocycles. The fourth-order valence-electron chi connectivity index (χ4n) is 3.93. The lowest BCUT2D eigenvalue weighted by atomic mass is 10.1. The zero-order chi connectivity index (χ0) is 21.8. The molecule has 2 saturated heterocycles. The van der Waals surface area contributed by atoms with Gasteiger partial charge in [-0.05, 0) is 35.4 Å². The minimum atomic E-state index is -0.135. The van der Waals surface area contributed by atoms with Crippen LogP contribution in [-0.2, 0) is 27.4 Å². The molecule has 2 aliphatic heterocycles. The molecule has 0 aromatic heterocycles. The Hall–Kier alpha value is -3.19. The first-order chi connectivity index (χ1) is 15.0. The molecule has 2 heterocycles. The van der Waals surface area contributed by atoms with Crippen LogP contribution in [0.25, 0.3) is 0 Å². The molecule has 4 rings (SSSR count). The Kier molecular flexibility index (Phi) is 6.32. The van der Waals surface area contributed by atoms with Gasteiger partial charge in [0.2, 0.25) is 11.8 Å². The van der Waals surface area contributed by atoms with E-state index in [1.807, 2.05) is 0 Å². The number of carbonyl (C=O) groups excluding carboxylic acids is 3. The van der Waals surface area contributed by atoms with E-state index in [1.54, 1.807) is 36.2 Å². The van der Waals surface area contributed by atoms with Gasteiger partial charge in [-0.25, -0.2) is 0 Å². The molecule has 31 heavy (non-hydrogen) atoms. The van der Waals surface area contributed by atoms with Crippen LogP contribution in [-0.4, -0.2) is 60.9 Å². The maximum atomic E-state index is 12.8. The zero-order valence-corrected chi connectivity index (χ0v) is 17.8. The molecule has 0 bridgehead atoms. The number of carbonyl (C=O) groups is 3. The highest BCUT2D eigenvalue weighted by molar-refractivity contribution is 6.01. The van der Waals surface area contributed by atoms with E-state index in [0.29, 0.717) is 12.1 Å². The van der Waals surface area contributed by atoms with Gasteiger partial charge in [-0.2, -0.15) is 0 Å². The molecule has 2 aromatic rings. The van der Waals surface area contributed by atoms with Crippen LogP contribution in [0.2, 0.25) is 0 Å². The molecule has 0 radical (unpaired) electrons. The number of benzene rings is 2. The molecule has 0 spiro atoms. The lowest BCUT2D eigenvalue weighted by molar-refractivity contribution is -0.139. The van der Waals surface area contributed by atoms with Gasteiger partial charge in [-0.15, -0.1) is 0 Å². The molecule has 2 fully saturated rings. The summed E-state index contributed by atoms with van der Waals surface area (Å²) in [6, 6.07) is 15.4. The molecular formula is C24H27N3O4. The molecule has 0 saturated carbocycles. The van der Waals surface area contributed by atoms with Crippen molar-refractivity contribution in [3.63, 3.8) is 0 Å². The molecular weight excluding hydrogens is 394 g/mol. The van der Waals surface area contributed by atoms with Gasteiger partial charge in [-0.3, -0.25) is 19.3 Å². The number of anilines is 1. The molecule has 0 unspecified atom stereocenters. The lowest BCUT2D eigenvalue weighted by Gasteiger charge is -2.29. The van der Waals surface area contributed by atoms with Crippen LogP contribution < -0.4 is 4.90 Å². The molecule has 0 atom stereocenters. The van der Waals surface area contributed by atoms with Gasteiger partial charge in [0.15, 0.2) is 0 Å². The Bertz CT molecular complexity index is 934. The number of amides is 3. The number of likely N-dealkylation sites (tertiary alicyclic amines) is 1. The summed E-state index contributed by atoms with van der Waals surface area (Å²) in [7, 11) is 1.79. The highest BCUT2D eigenvalue weighted by Crippen LogP contribution is 2.19. The number of rotatable bonds is 6. The number of morpholine rings is 1. The summed E-state index contributed by atoms with van der Waals surface area (Å²) in [5, 5.41) is 0. The largest absolute Gasteiger partial charge is 0.378 e. The number of hydrogen-bond acceptors (Lipinski definition) is 5. The molecule has 2 aliphatic rings. The number of nitrogens with zero attached hydrogens (tertiary/aromatic N) is 3. The van der Waals surface area contributed by atoms with Crippen molar-refractivity contribution in [3.8, 4) is 0 Å². The first kappa shape index (κ1) is 21.1. The van der Waals surface area contributed by atoms with Crippen LogP contribution in [0.1, 0.15) is 34.3 Å². The van der Waals surface area contributed by atoms with Crippen molar-refractivity contribution in [1.82, 2.24) is 9.80 Å². The second-order valence-electron chi connectivity index (χ2n) is 8.00. The van der Waals surface area contributed by atoms with Crippen molar-refractivity contribution < 1.29 is 19.1 Å². The van der Waals surface area contributed by atoms with Gasteiger partial charge in [0.25, 0.3) is 5.91 Å². The maximum absolute atomic E-state index is 12.8. The Balaban J connectivity index is 1.34. The second kappa shape index (κ2) is 9.31. The Morgan fingerprint density at radius 2 is 1.48 bits per heavy atom. The highest BCUT2D eigenvalue weighted by Gasteiger charge is 2.28. The van der Waals surface area contributed by atoms with Gasteiger partial charge >= 0.3 is 0 Å². The molecule has 7 nitrogen and oxygen atoms in total. The molecule has 0 aliphatic carbocycles. The van der Waals surface area contributed by atoms with Crippen LogP contribution >= 0.6 is 0 Å². The predicted molar refractivity (Wildman–Crippen MR) is 117 cm³/mol. The minimum absolute atomic E-state index is 0.0721. The van der Waals surface area contributed by atoms with Crippen LogP contribution in [0.5, 0.6) is 0 Å². The summed E-state index contributed by atoms with van der Waals surface area (Å²) in [4.78, 5) is 41.6. The van der Waals surface area contributed by atoms with E-state index in [2.05, 4.69) is 29.2 Å². The van der Waals surface area contributed by atoms with E-state index in [0.717, 1.165) is 37.4 Å². The second-order valence-corrected chi connectivity index (χ2v) is 8.00. The van der Waals surface area contributed by atoms with Gasteiger partial charge in [0.1, 0.15) is 0 Å². The third kappa shape index (κ3) is 4.94. The van der Waals surface area contributed by atoms with Crippen LogP contribution in [0.3, 0.4) is 0 Å². The number of hydrogen-bond donors (Lipinski definition) is 0. The summed E-state index contributed by atoms with van der Waals surface area (Å²) < 4.78 is 5.40. The van der Waals surface area contributed by atoms with E-state index in [-0.39, 0.29) is 37.1 Å². The van der Waals surface area contributed by atoms with Crippen molar-refractivity contribution in [2.75, 3.05) is 38.3 Å². The minimum Gasteiger partial charge on any atom is -0.378 e. The van der Waals surface area contributed by atoms with Crippen LogP contribution in [0.4, 0.5) is 5.69 Å². The maximum Gasteiger partial charge on any atom is 0.253 e. The Morgan fingerprint density at radius 1 is 0.903 bits per heavy atom. The van der Waals surface area contributed by atoms with Crippen molar-refractivity contribution in [1.29, 1.82) is 0 Å². The Morgan fingerprint density at radius 3 is 2.10 bits per heavy atom. The van der Waals surface area contributed by atoms with E-state index in [1.165, 1.54) is 10.6 Å². The molecule has 0 N–H and O–H groups in total. The molecule has 7 heteroatoms. The molecule has 162 valence electrons. The average molecular weight is 421 g/mol. The van der Waals surface area contributed by atoms with Gasteiger partial charge in [0, 0.05) is 50.8 Å². The summed E-state index contributed by atoms with van der Waals surface area (Å²) in [6.07, 6.45) is 0.571. The van der Waals surface area contributed by atoms with Gasteiger partial charge < -0.3 is 14.5 Å². The average Bonchev–Trinajstić information content (AvgIpc) is 3.12. The normalized spacial score (nSPS) is 16.7. The van der Waals surface area contributed by atoms with E-state index < -0.39 is 0 Å². The van der Waals surface area contributed by atoms with Crippen molar-refractivity contribution in [2.24, 2.45) is 0 Å². The monoisotopic (exact) mass is 421 g/mol. The van der Waals surface area contributed by atoms with Crippen molar-refractivity contribution in [3.05, 3.63) is 65.2 Å². The van der Waals surface area contributed by atoms with Crippen LogP contribution in [0, 0.1) is 0 Å². The highest BCUT2D eigenvalue weighted by atomic mass is 16.5. The van der Waals surface area contributed by atoms with Crippen molar-refractivity contribution >= 4 is 23.4 Å². The third-order valence-electron chi connectivity index (χ3n) is 5.78. The Labute approximate surface area is 182 Å². The standard InChI is InChI=1S/C24H27N3O4/c1-25(16-18-4-8-21(9-5-18)26-12-14-31-15-13-26)24(30)20-6-2-19(3-7-20)17-27-22(28)10-11-23(27)29/h2-9H,10-17H2,1H3. The summed E-state index contributed by atoms with van der Waals surface area (Å²) >= 11 is 0. The molecule has 3 amide bonds. The lowest BCUT2D eigenvalue weighted by Crippen LogP contribution is -2.36. The first-order valence-electron chi connectivity index (χ1n) is 10.6. The van der Waals surface area contributed by atoms with Crippen LogP contribution in [0.15, 0.2) is 48.5 Å². The predicted octanol–water partition coefficient (Wildman–Crippen LogP) is 2.44. The summed E-state index contributed by atoms with van der Waals surface area (Å²) in [6.45, 7) is 4.07. The first-order valence-corrected chi connectivity index (χ1v) is 10.6. The zero-order valence-electron chi connectivity index (χ0n) is 17.8. The topological polar surface area (TPSA) is 70.2 Å². The fraction of sp³-hybridized carbons (Fsp3) is 0.375. The van der Waals surface area contributed by atoms with Gasteiger partial charge in [0.05, 0.1) is 19.8 Å². The SMILES string of the molecule is CN(Cc1ccc(N2CCOCC2)cc1)C(=O)c1ccc(CN2C(=O)CCC2=O)cc1. The van der Waals surface area contributed by atoms with Gasteiger partial charge in [-0.1, -0.05) is 24.3 Å². The number of ether oxygens (including phenoxy) is 1. The van der Waals surface area contributed by atoms with Crippen molar-refractivity contribution in [2.45, 2.75) is 25.9 Å². The van der Waals surface area contributed by atoms with E-state index in [9.17, 15) is 14.4 Å². The number of imide groups is 1. The van der Waals surface area contributed by atoms with E-state index >= 15 is 0 Å². The summed E-state index contributed by atoms with van der Waals surface area (Å²) in [5.74, 6) is -0.341.